The van der Waals surface area contributed by atoms with E-state index >= 15 is 0 Å². The predicted octanol–water partition coefficient (Wildman–Crippen LogP) is 3.88. The molecule has 1 amide bonds. The van der Waals surface area contributed by atoms with Crippen LogP contribution in [0.3, 0.4) is 0 Å². The molecule has 1 aromatic heterocycles. The number of rotatable bonds is 7. The third-order valence-corrected chi connectivity index (χ3v) is 4.14. The van der Waals surface area contributed by atoms with Crippen LogP contribution in [0.25, 0.3) is 0 Å². The van der Waals surface area contributed by atoms with Crippen molar-refractivity contribution >= 4 is 29.0 Å². The maximum Gasteiger partial charge on any atom is 0.249 e. The molecule has 0 aliphatic heterocycles. The molecule has 0 radical (unpaired) electrons. The number of nitrogens with zero attached hydrogens (tertiary/aromatic N) is 3. The molecule has 1 heterocycles. The molecule has 0 atom stereocenters. The van der Waals surface area contributed by atoms with Crippen molar-refractivity contribution in [1.29, 1.82) is 0 Å². The van der Waals surface area contributed by atoms with Gasteiger partial charge < -0.3 is 16.0 Å². The lowest BCUT2D eigenvalue weighted by Gasteiger charge is -2.13. The fourth-order valence-electron chi connectivity index (χ4n) is 2.93. The highest BCUT2D eigenvalue weighted by Gasteiger charge is 2.05. The van der Waals surface area contributed by atoms with Crippen LogP contribution in [0.5, 0.6) is 0 Å². The van der Waals surface area contributed by atoms with Crippen molar-refractivity contribution in [3.8, 4) is 0 Å². The predicted molar refractivity (Wildman–Crippen MR) is 104 cm³/mol. The van der Waals surface area contributed by atoms with Crippen LogP contribution in [-0.4, -0.2) is 27.6 Å². The lowest BCUT2D eigenvalue weighted by atomic mass is 9.97. The van der Waals surface area contributed by atoms with E-state index in [0.29, 0.717) is 17.5 Å². The van der Waals surface area contributed by atoms with E-state index in [2.05, 4.69) is 37.2 Å². The minimum absolute atomic E-state index is 0.112. The van der Waals surface area contributed by atoms with E-state index in [1.54, 1.807) is 6.20 Å². The number of allylic oxidation sites excluding steroid dienone is 1. The standard InChI is InChI=1S/C19H24N6O/c1-14(26)22-16-8-5-9-17(12-16)23-19-24-18(13-21-25-19)20-11-10-15-6-3-2-4-7-15/h5-6,8-9,12-13H,2-4,7,10-11H2,1H3,(H,22,26)(H2,20,23,24,25). The van der Waals surface area contributed by atoms with Crippen LogP contribution in [0, 0.1) is 0 Å². The number of aromatic nitrogens is 3. The Labute approximate surface area is 153 Å². The summed E-state index contributed by atoms with van der Waals surface area (Å²) in [5.41, 5.74) is 3.02. The Morgan fingerprint density at radius 1 is 1.23 bits per heavy atom. The van der Waals surface area contributed by atoms with Crippen LogP contribution < -0.4 is 16.0 Å². The summed E-state index contributed by atoms with van der Waals surface area (Å²) in [7, 11) is 0. The molecule has 0 unspecified atom stereocenters. The average Bonchev–Trinajstić information content (AvgIpc) is 2.63. The summed E-state index contributed by atoms with van der Waals surface area (Å²) in [4.78, 5) is 15.6. The maximum absolute atomic E-state index is 11.2. The summed E-state index contributed by atoms with van der Waals surface area (Å²) < 4.78 is 0. The molecule has 0 bridgehead atoms. The van der Waals surface area contributed by atoms with Gasteiger partial charge in [0, 0.05) is 24.8 Å². The van der Waals surface area contributed by atoms with Gasteiger partial charge in [-0.1, -0.05) is 17.7 Å². The minimum atomic E-state index is -0.112. The summed E-state index contributed by atoms with van der Waals surface area (Å²) >= 11 is 0. The molecule has 0 fully saturated rings. The number of benzene rings is 1. The largest absolute Gasteiger partial charge is 0.368 e. The third-order valence-electron chi connectivity index (χ3n) is 4.14. The molecular weight excluding hydrogens is 328 g/mol. The van der Waals surface area contributed by atoms with Crippen molar-refractivity contribution < 1.29 is 4.79 Å². The zero-order valence-corrected chi connectivity index (χ0v) is 15.0. The maximum atomic E-state index is 11.2. The van der Waals surface area contributed by atoms with Gasteiger partial charge in [0.2, 0.25) is 11.9 Å². The van der Waals surface area contributed by atoms with Gasteiger partial charge in [0.25, 0.3) is 0 Å². The molecule has 136 valence electrons. The first kappa shape index (κ1) is 17.8. The zero-order valence-electron chi connectivity index (χ0n) is 15.0. The molecule has 1 aromatic carbocycles. The van der Waals surface area contributed by atoms with Crippen molar-refractivity contribution in [2.75, 3.05) is 22.5 Å². The summed E-state index contributed by atoms with van der Waals surface area (Å²) in [5.74, 6) is 0.989. The van der Waals surface area contributed by atoms with E-state index in [1.807, 2.05) is 24.3 Å². The molecule has 3 N–H and O–H groups in total. The highest BCUT2D eigenvalue weighted by Crippen LogP contribution is 2.20. The average molecular weight is 352 g/mol. The fourth-order valence-corrected chi connectivity index (χ4v) is 2.93. The van der Waals surface area contributed by atoms with Crippen molar-refractivity contribution in [3.63, 3.8) is 0 Å². The molecule has 0 saturated heterocycles. The normalized spacial score (nSPS) is 13.7. The molecule has 7 nitrogen and oxygen atoms in total. The van der Waals surface area contributed by atoms with Crippen LogP contribution in [0.4, 0.5) is 23.1 Å². The quantitative estimate of drug-likeness (QED) is 0.655. The molecule has 7 heteroatoms. The van der Waals surface area contributed by atoms with E-state index in [4.69, 9.17) is 0 Å². The summed E-state index contributed by atoms with van der Waals surface area (Å²) in [5, 5.41) is 17.2. The Hall–Kier alpha value is -2.96. The molecular formula is C19H24N6O. The first-order valence-electron chi connectivity index (χ1n) is 8.95. The van der Waals surface area contributed by atoms with Crippen molar-refractivity contribution in [1.82, 2.24) is 15.2 Å². The summed E-state index contributed by atoms with van der Waals surface area (Å²) in [6.45, 7) is 2.31. The van der Waals surface area contributed by atoms with Gasteiger partial charge in [-0.25, -0.2) is 0 Å². The molecule has 3 rings (SSSR count). The number of anilines is 4. The SMILES string of the molecule is CC(=O)Nc1cccc(Nc2nncc(NCCC3=CCCCC3)n2)c1. The second-order valence-electron chi connectivity index (χ2n) is 6.34. The van der Waals surface area contributed by atoms with Crippen LogP contribution in [0.1, 0.15) is 39.0 Å². The second kappa shape index (κ2) is 8.94. The second-order valence-corrected chi connectivity index (χ2v) is 6.34. The van der Waals surface area contributed by atoms with Crippen molar-refractivity contribution in [2.45, 2.75) is 39.0 Å². The first-order valence-corrected chi connectivity index (χ1v) is 8.95. The fraction of sp³-hybridized carbons (Fsp3) is 0.368. The zero-order chi connectivity index (χ0) is 18.2. The Kier molecular flexibility index (Phi) is 6.14. The van der Waals surface area contributed by atoms with Gasteiger partial charge in [-0.05, 0) is 50.3 Å². The lowest BCUT2D eigenvalue weighted by Crippen LogP contribution is -2.08. The van der Waals surface area contributed by atoms with Crippen molar-refractivity contribution in [2.24, 2.45) is 0 Å². The van der Waals surface area contributed by atoms with Crippen LogP contribution in [0.2, 0.25) is 0 Å². The molecule has 0 saturated carbocycles. The molecule has 2 aromatic rings. The van der Waals surface area contributed by atoms with Gasteiger partial charge >= 0.3 is 0 Å². The number of carbonyl (C=O) groups is 1. The summed E-state index contributed by atoms with van der Waals surface area (Å²) in [6.07, 6.45) is 10.0. The highest BCUT2D eigenvalue weighted by atomic mass is 16.1. The van der Waals surface area contributed by atoms with Gasteiger partial charge in [-0.15, -0.1) is 5.10 Å². The van der Waals surface area contributed by atoms with Gasteiger partial charge in [0.15, 0.2) is 5.82 Å². The monoisotopic (exact) mass is 352 g/mol. The number of hydrogen-bond donors (Lipinski definition) is 3. The van der Waals surface area contributed by atoms with E-state index < -0.39 is 0 Å². The number of nitrogens with one attached hydrogen (secondary N) is 3. The Morgan fingerprint density at radius 2 is 2.12 bits per heavy atom. The van der Waals surface area contributed by atoms with E-state index in [1.165, 1.54) is 38.2 Å². The lowest BCUT2D eigenvalue weighted by molar-refractivity contribution is -0.114. The molecule has 1 aliphatic carbocycles. The number of amides is 1. The smallest absolute Gasteiger partial charge is 0.249 e. The number of hydrogen-bond acceptors (Lipinski definition) is 6. The molecule has 26 heavy (non-hydrogen) atoms. The van der Waals surface area contributed by atoms with Gasteiger partial charge in [-0.3, -0.25) is 4.79 Å². The van der Waals surface area contributed by atoms with Crippen LogP contribution in [-0.2, 0) is 4.79 Å². The van der Waals surface area contributed by atoms with Crippen molar-refractivity contribution in [3.05, 3.63) is 42.1 Å². The van der Waals surface area contributed by atoms with Crippen LogP contribution >= 0.6 is 0 Å². The molecule has 1 aliphatic rings. The first-order chi connectivity index (χ1) is 12.7. The summed E-state index contributed by atoms with van der Waals surface area (Å²) in [6, 6.07) is 7.37. The third kappa shape index (κ3) is 5.54. The topological polar surface area (TPSA) is 91.8 Å². The van der Waals surface area contributed by atoms with E-state index in [9.17, 15) is 4.79 Å². The number of carbonyl (C=O) groups excluding carboxylic acids is 1. The van der Waals surface area contributed by atoms with E-state index in [-0.39, 0.29) is 5.91 Å². The minimum Gasteiger partial charge on any atom is -0.368 e. The van der Waals surface area contributed by atoms with Gasteiger partial charge in [0.05, 0.1) is 6.20 Å². The van der Waals surface area contributed by atoms with Gasteiger partial charge in [0.1, 0.15) is 0 Å². The molecule has 0 spiro atoms. The Morgan fingerprint density at radius 3 is 2.92 bits per heavy atom. The van der Waals surface area contributed by atoms with Gasteiger partial charge in [-0.2, -0.15) is 10.1 Å². The van der Waals surface area contributed by atoms with E-state index in [0.717, 1.165) is 18.7 Å². The van der Waals surface area contributed by atoms with Crippen LogP contribution in [0.15, 0.2) is 42.1 Å². The highest BCUT2D eigenvalue weighted by molar-refractivity contribution is 5.89. The Bertz CT molecular complexity index is 789. The Balaban J connectivity index is 1.57.